The van der Waals surface area contributed by atoms with Crippen molar-refractivity contribution in [3.8, 4) is 5.75 Å². The van der Waals surface area contributed by atoms with E-state index in [1.165, 1.54) is 0 Å². The molecule has 27 heavy (non-hydrogen) atoms. The van der Waals surface area contributed by atoms with Gasteiger partial charge >= 0.3 is 0 Å². The minimum atomic E-state index is -1.21. The molecule has 0 aliphatic heterocycles. The summed E-state index contributed by atoms with van der Waals surface area (Å²) in [5.41, 5.74) is 2.19. The Balaban J connectivity index is 1.91. The molecule has 2 aromatic carbocycles. The summed E-state index contributed by atoms with van der Waals surface area (Å²) in [4.78, 5) is 0. The average molecular weight is 372 g/mol. The molecule has 1 fully saturated rings. The molecular formula is C23H23F3O. The highest BCUT2D eigenvalue weighted by Crippen LogP contribution is 2.67. The number of hydrogen-bond donors (Lipinski definition) is 0. The Kier molecular flexibility index (Phi) is 4.13. The van der Waals surface area contributed by atoms with E-state index in [1.807, 2.05) is 44.2 Å². The quantitative estimate of drug-likeness (QED) is 0.553. The van der Waals surface area contributed by atoms with Crippen molar-refractivity contribution in [2.45, 2.75) is 52.1 Å². The van der Waals surface area contributed by atoms with E-state index in [4.69, 9.17) is 4.74 Å². The summed E-state index contributed by atoms with van der Waals surface area (Å²) >= 11 is 0. The highest BCUT2D eigenvalue weighted by molar-refractivity contribution is 5.65. The molecule has 0 N–H and O–H groups in total. The van der Waals surface area contributed by atoms with E-state index in [9.17, 15) is 8.78 Å². The fourth-order valence-corrected chi connectivity index (χ4v) is 4.77. The van der Waals surface area contributed by atoms with E-state index >= 15 is 4.39 Å². The Morgan fingerprint density at radius 1 is 1.00 bits per heavy atom. The summed E-state index contributed by atoms with van der Waals surface area (Å²) in [6.45, 7) is 7.40. The SMILES string of the molecule is CC(C)Oc1c(F)c(F)c2c(c1F)C1CC2C(C)(C)C1=Cc1ccccc1. The van der Waals surface area contributed by atoms with Gasteiger partial charge in [0.1, 0.15) is 0 Å². The van der Waals surface area contributed by atoms with Gasteiger partial charge in [-0.3, -0.25) is 0 Å². The third kappa shape index (κ3) is 2.60. The van der Waals surface area contributed by atoms with Crippen LogP contribution in [0.25, 0.3) is 6.08 Å². The Morgan fingerprint density at radius 2 is 1.67 bits per heavy atom. The molecule has 4 heteroatoms. The van der Waals surface area contributed by atoms with Crippen LogP contribution in [-0.2, 0) is 0 Å². The summed E-state index contributed by atoms with van der Waals surface area (Å²) in [5.74, 6) is -4.02. The molecule has 0 amide bonds. The van der Waals surface area contributed by atoms with Gasteiger partial charge in [-0.25, -0.2) is 8.78 Å². The van der Waals surface area contributed by atoms with Crippen molar-refractivity contribution in [2.24, 2.45) is 5.41 Å². The molecule has 2 bridgehead atoms. The van der Waals surface area contributed by atoms with E-state index in [0.29, 0.717) is 6.42 Å². The lowest BCUT2D eigenvalue weighted by Gasteiger charge is -2.35. The smallest absolute Gasteiger partial charge is 0.204 e. The first-order valence-electron chi connectivity index (χ1n) is 9.37. The molecule has 1 saturated carbocycles. The predicted molar refractivity (Wildman–Crippen MR) is 100 cm³/mol. The fraction of sp³-hybridized carbons (Fsp3) is 0.391. The van der Waals surface area contributed by atoms with Gasteiger partial charge in [-0.05, 0) is 37.2 Å². The molecule has 0 aromatic heterocycles. The minimum Gasteiger partial charge on any atom is -0.485 e. The van der Waals surface area contributed by atoms with Crippen molar-refractivity contribution in [3.05, 3.63) is 70.0 Å². The van der Waals surface area contributed by atoms with E-state index in [-0.39, 0.29) is 28.4 Å². The topological polar surface area (TPSA) is 9.23 Å². The second kappa shape index (κ2) is 6.15. The predicted octanol–water partition coefficient (Wildman–Crippen LogP) is 6.59. The average Bonchev–Trinajstić information content (AvgIpc) is 3.12. The van der Waals surface area contributed by atoms with E-state index in [0.717, 1.165) is 11.1 Å². The van der Waals surface area contributed by atoms with Gasteiger partial charge in [0, 0.05) is 17.0 Å². The Bertz CT molecular complexity index is 929. The Hall–Kier alpha value is -2.23. The molecule has 1 nitrogen and oxygen atoms in total. The van der Waals surface area contributed by atoms with Crippen LogP contribution in [0.2, 0.25) is 0 Å². The minimum absolute atomic E-state index is 0.196. The molecule has 142 valence electrons. The fourth-order valence-electron chi connectivity index (χ4n) is 4.77. The van der Waals surface area contributed by atoms with E-state index in [1.54, 1.807) is 13.8 Å². The van der Waals surface area contributed by atoms with Gasteiger partial charge in [-0.1, -0.05) is 55.8 Å². The van der Waals surface area contributed by atoms with Crippen molar-refractivity contribution in [1.82, 2.24) is 0 Å². The van der Waals surface area contributed by atoms with Crippen molar-refractivity contribution >= 4 is 6.08 Å². The van der Waals surface area contributed by atoms with Crippen LogP contribution < -0.4 is 4.74 Å². The lowest BCUT2D eigenvalue weighted by molar-refractivity contribution is 0.214. The van der Waals surface area contributed by atoms with Crippen LogP contribution in [0.4, 0.5) is 13.2 Å². The maximum absolute atomic E-state index is 15.2. The number of fused-ring (bicyclic) bond motifs is 5. The normalized spacial score (nSPS) is 23.9. The molecule has 2 aromatic rings. The van der Waals surface area contributed by atoms with Crippen molar-refractivity contribution < 1.29 is 17.9 Å². The largest absolute Gasteiger partial charge is 0.485 e. The van der Waals surface area contributed by atoms with Crippen molar-refractivity contribution in [3.63, 3.8) is 0 Å². The second-order valence-electron chi connectivity index (χ2n) is 8.34. The number of allylic oxidation sites excluding steroid dienone is 1. The third-order valence-corrected chi connectivity index (χ3v) is 5.99. The molecule has 2 unspecified atom stereocenters. The van der Waals surface area contributed by atoms with Gasteiger partial charge in [-0.2, -0.15) is 4.39 Å². The first-order valence-corrected chi connectivity index (χ1v) is 9.37. The first kappa shape index (κ1) is 18.1. The monoisotopic (exact) mass is 372 g/mol. The summed E-state index contributed by atoms with van der Waals surface area (Å²) in [6.07, 6.45) is 2.22. The van der Waals surface area contributed by atoms with Gasteiger partial charge in [0.2, 0.25) is 5.82 Å². The zero-order chi connectivity index (χ0) is 19.5. The zero-order valence-electron chi connectivity index (χ0n) is 15.9. The molecule has 4 rings (SSSR count). The summed E-state index contributed by atoms with van der Waals surface area (Å²) in [6, 6.07) is 9.82. The maximum atomic E-state index is 15.2. The summed E-state index contributed by atoms with van der Waals surface area (Å²) in [5, 5.41) is 0. The highest BCUT2D eigenvalue weighted by atomic mass is 19.2. The van der Waals surface area contributed by atoms with E-state index < -0.39 is 29.3 Å². The maximum Gasteiger partial charge on any atom is 0.204 e. The molecule has 2 aliphatic carbocycles. The Morgan fingerprint density at radius 3 is 2.30 bits per heavy atom. The van der Waals surface area contributed by atoms with Crippen LogP contribution in [0.5, 0.6) is 5.75 Å². The standard InChI is InChI=1S/C23H23F3O/c1-12(2)27-22-20(25)17-14-11-16(18(17)19(24)21(22)26)23(3,4)15(14)10-13-8-6-5-7-9-13/h5-10,12,14,16H,11H2,1-4H3. The van der Waals surface area contributed by atoms with Crippen LogP contribution >= 0.6 is 0 Å². The van der Waals surface area contributed by atoms with E-state index in [2.05, 4.69) is 6.08 Å². The number of ether oxygens (including phenoxy) is 1. The second-order valence-corrected chi connectivity index (χ2v) is 8.34. The van der Waals surface area contributed by atoms with Crippen LogP contribution in [0.15, 0.2) is 35.9 Å². The van der Waals surface area contributed by atoms with Crippen LogP contribution in [0.1, 0.15) is 62.6 Å². The van der Waals surface area contributed by atoms with Gasteiger partial charge in [0.05, 0.1) is 6.10 Å². The molecule has 0 saturated heterocycles. The van der Waals surface area contributed by atoms with Gasteiger partial charge in [-0.15, -0.1) is 0 Å². The Labute approximate surface area is 157 Å². The van der Waals surface area contributed by atoms with Crippen molar-refractivity contribution in [1.29, 1.82) is 0 Å². The van der Waals surface area contributed by atoms with Crippen molar-refractivity contribution in [2.75, 3.05) is 0 Å². The van der Waals surface area contributed by atoms with Gasteiger partial charge < -0.3 is 4.74 Å². The molecule has 0 spiro atoms. The zero-order valence-corrected chi connectivity index (χ0v) is 15.9. The van der Waals surface area contributed by atoms with Gasteiger partial charge in [0.25, 0.3) is 0 Å². The molecule has 0 heterocycles. The third-order valence-electron chi connectivity index (χ3n) is 5.99. The highest BCUT2D eigenvalue weighted by Gasteiger charge is 2.55. The molecule has 2 aliphatic rings. The first-order chi connectivity index (χ1) is 12.7. The van der Waals surface area contributed by atoms with Gasteiger partial charge in [0.15, 0.2) is 17.4 Å². The molecule has 2 atom stereocenters. The summed E-state index contributed by atoms with van der Waals surface area (Å²) < 4.78 is 50.0. The van der Waals surface area contributed by atoms with Crippen LogP contribution in [-0.4, -0.2) is 6.10 Å². The molecular weight excluding hydrogens is 349 g/mol. The number of halogens is 3. The number of rotatable bonds is 3. The van der Waals surface area contributed by atoms with Crippen LogP contribution in [0.3, 0.4) is 0 Å². The number of benzene rings is 2. The lowest BCUT2D eigenvalue weighted by atomic mass is 9.69. The van der Waals surface area contributed by atoms with Crippen LogP contribution in [0, 0.1) is 22.9 Å². The summed E-state index contributed by atoms with van der Waals surface area (Å²) in [7, 11) is 0. The lowest BCUT2D eigenvalue weighted by Crippen LogP contribution is -2.25. The number of hydrogen-bond acceptors (Lipinski definition) is 1. The molecule has 0 radical (unpaired) electrons.